The summed E-state index contributed by atoms with van der Waals surface area (Å²) < 4.78 is 10.7. The molecule has 0 aliphatic carbocycles. The molecule has 7 heteroatoms. The summed E-state index contributed by atoms with van der Waals surface area (Å²) in [6.45, 7) is 4.58. The van der Waals surface area contributed by atoms with Crippen molar-refractivity contribution in [3.63, 3.8) is 0 Å². The van der Waals surface area contributed by atoms with E-state index in [9.17, 15) is 9.59 Å². The largest absolute Gasteiger partial charge is 0.451 e. The van der Waals surface area contributed by atoms with E-state index in [1.165, 1.54) is 11.3 Å². The van der Waals surface area contributed by atoms with Gasteiger partial charge in [-0.25, -0.2) is 9.78 Å². The topological polar surface area (TPSA) is 68.7 Å². The third-order valence-corrected chi connectivity index (χ3v) is 4.72. The number of esters is 1. The zero-order chi connectivity index (χ0) is 17.8. The van der Waals surface area contributed by atoms with E-state index in [1.54, 1.807) is 10.3 Å². The maximum atomic E-state index is 12.2. The molecule has 0 saturated carbocycles. The van der Waals surface area contributed by atoms with E-state index in [-0.39, 0.29) is 30.4 Å². The highest BCUT2D eigenvalue weighted by molar-refractivity contribution is 7.13. The van der Waals surface area contributed by atoms with Crippen molar-refractivity contribution in [1.82, 2.24) is 9.88 Å². The lowest BCUT2D eigenvalue weighted by atomic mass is 10.2. The molecule has 2 aromatic rings. The highest BCUT2D eigenvalue weighted by Crippen LogP contribution is 2.23. The van der Waals surface area contributed by atoms with E-state index >= 15 is 0 Å². The maximum Gasteiger partial charge on any atom is 0.358 e. The van der Waals surface area contributed by atoms with E-state index in [0.717, 1.165) is 10.6 Å². The van der Waals surface area contributed by atoms with Gasteiger partial charge in [0.25, 0.3) is 5.91 Å². The SMILES string of the molecule is C[C@@H]1CN(C(=O)COC(=O)c2csc(-c3ccccc3)n2)C[C@H](C)O1. The molecule has 2 heterocycles. The molecule has 0 N–H and O–H groups in total. The molecule has 1 aromatic heterocycles. The Morgan fingerprint density at radius 3 is 2.60 bits per heavy atom. The van der Waals surface area contributed by atoms with Crippen LogP contribution in [0.4, 0.5) is 0 Å². The number of carbonyl (C=O) groups is 2. The van der Waals surface area contributed by atoms with Crippen molar-refractivity contribution in [2.75, 3.05) is 19.7 Å². The number of thiazole rings is 1. The predicted octanol–water partition coefficient (Wildman–Crippen LogP) is 2.60. The second-order valence-corrected chi connectivity index (χ2v) is 6.89. The molecule has 25 heavy (non-hydrogen) atoms. The molecule has 1 aliphatic rings. The maximum absolute atomic E-state index is 12.2. The average Bonchev–Trinajstić information content (AvgIpc) is 3.09. The Morgan fingerprint density at radius 1 is 1.24 bits per heavy atom. The van der Waals surface area contributed by atoms with Crippen molar-refractivity contribution in [1.29, 1.82) is 0 Å². The van der Waals surface area contributed by atoms with Crippen LogP contribution in [-0.4, -0.2) is 53.7 Å². The normalized spacial score (nSPS) is 20.3. The first-order chi connectivity index (χ1) is 12.0. The summed E-state index contributed by atoms with van der Waals surface area (Å²) >= 11 is 1.37. The third-order valence-electron chi connectivity index (χ3n) is 3.83. The van der Waals surface area contributed by atoms with Gasteiger partial charge in [-0.1, -0.05) is 30.3 Å². The van der Waals surface area contributed by atoms with E-state index < -0.39 is 5.97 Å². The molecular weight excluding hydrogens is 340 g/mol. The first kappa shape index (κ1) is 17.6. The second kappa shape index (κ2) is 7.76. The smallest absolute Gasteiger partial charge is 0.358 e. The number of carbonyl (C=O) groups excluding carboxylic acids is 2. The van der Waals surface area contributed by atoms with Gasteiger partial charge in [-0.15, -0.1) is 11.3 Å². The van der Waals surface area contributed by atoms with Gasteiger partial charge >= 0.3 is 5.97 Å². The first-order valence-corrected chi connectivity index (χ1v) is 9.02. The van der Waals surface area contributed by atoms with Crippen molar-refractivity contribution in [2.45, 2.75) is 26.1 Å². The van der Waals surface area contributed by atoms with Gasteiger partial charge in [0, 0.05) is 24.0 Å². The minimum Gasteiger partial charge on any atom is -0.451 e. The van der Waals surface area contributed by atoms with Crippen LogP contribution in [0.15, 0.2) is 35.7 Å². The van der Waals surface area contributed by atoms with E-state index in [4.69, 9.17) is 9.47 Å². The Bertz CT molecular complexity index is 737. The standard InChI is InChI=1S/C18H20N2O4S/c1-12-8-20(9-13(2)24-12)16(21)10-23-18(22)15-11-25-17(19-15)14-6-4-3-5-7-14/h3-7,11-13H,8-10H2,1-2H3/t12-,13+. The quantitative estimate of drug-likeness (QED) is 0.784. The van der Waals surface area contributed by atoms with Crippen molar-refractivity contribution in [3.05, 3.63) is 41.4 Å². The summed E-state index contributed by atoms with van der Waals surface area (Å²) in [4.78, 5) is 30.3. The van der Waals surface area contributed by atoms with Crippen LogP contribution in [0.2, 0.25) is 0 Å². The number of amides is 1. The van der Waals surface area contributed by atoms with Gasteiger partial charge in [0.05, 0.1) is 12.2 Å². The predicted molar refractivity (Wildman–Crippen MR) is 94.4 cm³/mol. The summed E-state index contributed by atoms with van der Waals surface area (Å²) in [6, 6.07) is 9.61. The number of hydrogen-bond donors (Lipinski definition) is 0. The van der Waals surface area contributed by atoms with Crippen LogP contribution in [0.1, 0.15) is 24.3 Å². The van der Waals surface area contributed by atoms with Gasteiger partial charge in [0.2, 0.25) is 0 Å². The minimum atomic E-state index is -0.582. The second-order valence-electron chi connectivity index (χ2n) is 6.04. The fourth-order valence-electron chi connectivity index (χ4n) is 2.75. The number of rotatable bonds is 4. The molecule has 132 valence electrons. The molecule has 1 saturated heterocycles. The monoisotopic (exact) mass is 360 g/mol. The molecule has 3 rings (SSSR count). The minimum absolute atomic E-state index is 0.0182. The Labute approximate surface area is 150 Å². The molecule has 6 nitrogen and oxygen atoms in total. The molecule has 2 atom stereocenters. The fourth-order valence-corrected chi connectivity index (χ4v) is 3.55. The van der Waals surface area contributed by atoms with Gasteiger partial charge < -0.3 is 14.4 Å². The number of ether oxygens (including phenoxy) is 2. The lowest BCUT2D eigenvalue weighted by Crippen LogP contribution is -2.49. The molecule has 1 fully saturated rings. The summed E-state index contributed by atoms with van der Waals surface area (Å²) in [7, 11) is 0. The Morgan fingerprint density at radius 2 is 1.92 bits per heavy atom. The van der Waals surface area contributed by atoms with E-state index in [0.29, 0.717) is 13.1 Å². The molecule has 0 spiro atoms. The lowest BCUT2D eigenvalue weighted by Gasteiger charge is -2.35. The molecule has 1 aromatic carbocycles. The fraction of sp³-hybridized carbons (Fsp3) is 0.389. The van der Waals surface area contributed by atoms with Gasteiger partial charge in [-0.3, -0.25) is 4.79 Å². The zero-order valence-corrected chi connectivity index (χ0v) is 15.0. The molecule has 1 amide bonds. The van der Waals surface area contributed by atoms with E-state index in [1.807, 2.05) is 44.2 Å². The number of aromatic nitrogens is 1. The van der Waals surface area contributed by atoms with Gasteiger partial charge in [0.15, 0.2) is 12.3 Å². The number of benzene rings is 1. The van der Waals surface area contributed by atoms with Gasteiger partial charge in [0.1, 0.15) is 5.01 Å². The van der Waals surface area contributed by atoms with Crippen molar-refractivity contribution >= 4 is 23.2 Å². The highest BCUT2D eigenvalue weighted by atomic mass is 32.1. The number of morpholine rings is 1. The van der Waals surface area contributed by atoms with Crippen molar-refractivity contribution in [3.8, 4) is 10.6 Å². The van der Waals surface area contributed by atoms with E-state index in [2.05, 4.69) is 4.98 Å². The first-order valence-electron chi connectivity index (χ1n) is 8.14. The van der Waals surface area contributed by atoms with Crippen LogP contribution in [0.5, 0.6) is 0 Å². The summed E-state index contributed by atoms with van der Waals surface area (Å²) in [6.07, 6.45) is -0.0363. The molecule has 1 aliphatic heterocycles. The third kappa shape index (κ3) is 4.43. The summed E-state index contributed by atoms with van der Waals surface area (Å²) in [5.41, 5.74) is 1.17. The molecule has 0 radical (unpaired) electrons. The molecular formula is C18H20N2O4S. The Balaban J connectivity index is 1.56. The average molecular weight is 360 g/mol. The van der Waals surface area contributed by atoms with Gasteiger partial charge in [-0.2, -0.15) is 0 Å². The van der Waals surface area contributed by atoms with Crippen LogP contribution >= 0.6 is 11.3 Å². The number of nitrogens with zero attached hydrogens (tertiary/aromatic N) is 2. The summed E-state index contributed by atoms with van der Waals surface area (Å²) in [5, 5.41) is 2.39. The van der Waals surface area contributed by atoms with Crippen molar-refractivity contribution in [2.24, 2.45) is 0 Å². The highest BCUT2D eigenvalue weighted by Gasteiger charge is 2.26. The van der Waals surface area contributed by atoms with Crippen LogP contribution in [-0.2, 0) is 14.3 Å². The zero-order valence-electron chi connectivity index (χ0n) is 14.2. The van der Waals surface area contributed by atoms with Crippen LogP contribution in [0.3, 0.4) is 0 Å². The Hall–Kier alpha value is -2.25. The lowest BCUT2D eigenvalue weighted by molar-refractivity contribution is -0.146. The van der Waals surface area contributed by atoms with Gasteiger partial charge in [-0.05, 0) is 13.8 Å². The van der Waals surface area contributed by atoms with Crippen molar-refractivity contribution < 1.29 is 19.1 Å². The van der Waals surface area contributed by atoms with Crippen LogP contribution in [0, 0.1) is 0 Å². The summed E-state index contributed by atoms with van der Waals surface area (Å²) in [5.74, 6) is -0.796. The number of hydrogen-bond acceptors (Lipinski definition) is 6. The molecule has 0 unspecified atom stereocenters. The van der Waals surface area contributed by atoms with Crippen LogP contribution < -0.4 is 0 Å². The Kier molecular flexibility index (Phi) is 5.45. The molecule has 0 bridgehead atoms. The van der Waals surface area contributed by atoms with Crippen LogP contribution in [0.25, 0.3) is 10.6 Å².